The number of hydrogen-bond donors (Lipinski definition) is 1. The molecule has 0 bridgehead atoms. The lowest BCUT2D eigenvalue weighted by Gasteiger charge is -1.99. The van der Waals surface area contributed by atoms with E-state index in [-0.39, 0.29) is 18.2 Å². The van der Waals surface area contributed by atoms with Crippen LogP contribution in [0.3, 0.4) is 0 Å². The zero-order valence-electron chi connectivity index (χ0n) is 8.50. The molecule has 0 spiro atoms. The van der Waals surface area contributed by atoms with E-state index < -0.39 is 0 Å². The molecule has 0 unspecified atom stereocenters. The summed E-state index contributed by atoms with van der Waals surface area (Å²) < 4.78 is 1.57. The normalized spacial score (nSPS) is 9.93. The number of carbonyl (C=O) groups is 2. The van der Waals surface area contributed by atoms with Gasteiger partial charge in [0.15, 0.2) is 0 Å². The van der Waals surface area contributed by atoms with Gasteiger partial charge in [0.05, 0.1) is 17.8 Å². The number of ketones is 1. The van der Waals surface area contributed by atoms with E-state index >= 15 is 0 Å². The van der Waals surface area contributed by atoms with Gasteiger partial charge in [0.2, 0.25) is 0 Å². The Morgan fingerprint density at radius 1 is 1.57 bits per heavy atom. The summed E-state index contributed by atoms with van der Waals surface area (Å²) in [6.07, 6.45) is 1.63. The molecule has 5 nitrogen and oxygen atoms in total. The van der Waals surface area contributed by atoms with E-state index in [0.717, 1.165) is 0 Å². The number of aromatic nitrogens is 2. The number of nitrogens with one attached hydrogen (secondary N) is 1. The van der Waals surface area contributed by atoms with Crippen LogP contribution >= 0.6 is 0 Å². The maximum atomic E-state index is 11.5. The Morgan fingerprint density at radius 3 is 2.64 bits per heavy atom. The third-order valence-electron chi connectivity index (χ3n) is 1.76. The highest BCUT2D eigenvalue weighted by atomic mass is 16.2. The smallest absolute Gasteiger partial charge is 0.255 e. The zero-order valence-corrected chi connectivity index (χ0v) is 8.50. The fourth-order valence-corrected chi connectivity index (χ4v) is 1.12. The van der Waals surface area contributed by atoms with Crippen LogP contribution in [-0.2, 0) is 11.8 Å². The number of rotatable bonds is 3. The lowest BCUT2D eigenvalue weighted by molar-refractivity contribution is -0.116. The second-order valence-corrected chi connectivity index (χ2v) is 3.19. The Bertz CT molecular complexity index is 368. The molecule has 0 radical (unpaired) electrons. The predicted octanol–water partition coefficient (Wildman–Crippen LogP) is 0.0473. The fraction of sp³-hybridized carbons (Fsp3) is 0.444. The fourth-order valence-electron chi connectivity index (χ4n) is 1.12. The molecular weight excluding hydrogens is 182 g/mol. The van der Waals surface area contributed by atoms with E-state index in [2.05, 4.69) is 10.4 Å². The van der Waals surface area contributed by atoms with E-state index in [1.165, 1.54) is 6.92 Å². The van der Waals surface area contributed by atoms with Gasteiger partial charge in [0, 0.05) is 13.2 Å². The highest BCUT2D eigenvalue weighted by Crippen LogP contribution is 2.03. The van der Waals surface area contributed by atoms with Gasteiger partial charge in [-0.1, -0.05) is 0 Å². The Morgan fingerprint density at radius 2 is 2.21 bits per heavy atom. The van der Waals surface area contributed by atoms with Gasteiger partial charge < -0.3 is 5.32 Å². The molecule has 0 aliphatic carbocycles. The molecule has 0 fully saturated rings. The quantitative estimate of drug-likeness (QED) is 0.741. The van der Waals surface area contributed by atoms with Crippen LogP contribution < -0.4 is 5.32 Å². The summed E-state index contributed by atoms with van der Waals surface area (Å²) in [5.41, 5.74) is 1.17. The van der Waals surface area contributed by atoms with Crippen molar-refractivity contribution >= 4 is 11.7 Å². The van der Waals surface area contributed by atoms with Crippen LogP contribution in [0.4, 0.5) is 0 Å². The molecule has 5 heteroatoms. The summed E-state index contributed by atoms with van der Waals surface area (Å²) in [5, 5.41) is 6.54. The molecule has 0 aliphatic rings. The summed E-state index contributed by atoms with van der Waals surface area (Å²) in [5.74, 6) is -0.328. The maximum Gasteiger partial charge on any atom is 0.255 e. The molecule has 1 rings (SSSR count). The second kappa shape index (κ2) is 4.04. The van der Waals surface area contributed by atoms with Gasteiger partial charge in [-0.05, 0) is 13.8 Å². The second-order valence-electron chi connectivity index (χ2n) is 3.19. The van der Waals surface area contributed by atoms with Crippen molar-refractivity contribution in [1.29, 1.82) is 0 Å². The molecule has 1 aromatic heterocycles. The van der Waals surface area contributed by atoms with Gasteiger partial charge >= 0.3 is 0 Å². The molecule has 1 N–H and O–H groups in total. The molecule has 1 heterocycles. The van der Waals surface area contributed by atoms with Crippen LogP contribution in [0.2, 0.25) is 0 Å². The molecule has 0 aliphatic heterocycles. The lowest BCUT2D eigenvalue weighted by Crippen LogP contribution is -2.28. The summed E-state index contributed by atoms with van der Waals surface area (Å²) in [6.45, 7) is 3.24. The molecule has 1 aromatic rings. The summed E-state index contributed by atoms with van der Waals surface area (Å²) in [6, 6.07) is 0. The van der Waals surface area contributed by atoms with Crippen molar-refractivity contribution in [1.82, 2.24) is 15.1 Å². The molecule has 0 saturated carbocycles. The molecular formula is C9H13N3O2. The third kappa shape index (κ3) is 2.42. The van der Waals surface area contributed by atoms with Gasteiger partial charge in [-0.3, -0.25) is 14.3 Å². The topological polar surface area (TPSA) is 64.0 Å². The maximum absolute atomic E-state index is 11.5. The summed E-state index contributed by atoms with van der Waals surface area (Å²) in [7, 11) is 1.74. The highest BCUT2D eigenvalue weighted by Gasteiger charge is 2.11. The Kier molecular flexibility index (Phi) is 3.01. The molecule has 14 heavy (non-hydrogen) atoms. The van der Waals surface area contributed by atoms with Crippen molar-refractivity contribution in [3.05, 3.63) is 17.5 Å². The van der Waals surface area contributed by atoms with E-state index in [0.29, 0.717) is 11.3 Å². The van der Waals surface area contributed by atoms with Crippen molar-refractivity contribution in [3.63, 3.8) is 0 Å². The summed E-state index contributed by atoms with van der Waals surface area (Å²) in [4.78, 5) is 22.1. The lowest BCUT2D eigenvalue weighted by atomic mass is 10.2. The molecule has 0 aromatic carbocycles. The average Bonchev–Trinajstić information content (AvgIpc) is 2.41. The van der Waals surface area contributed by atoms with Crippen molar-refractivity contribution in [2.24, 2.45) is 7.05 Å². The summed E-state index contributed by atoms with van der Waals surface area (Å²) >= 11 is 0. The molecule has 0 saturated heterocycles. The van der Waals surface area contributed by atoms with Crippen LogP contribution in [0.5, 0.6) is 0 Å². The van der Waals surface area contributed by atoms with Crippen LogP contribution in [0.15, 0.2) is 6.20 Å². The Balaban J connectivity index is 2.69. The van der Waals surface area contributed by atoms with Gasteiger partial charge in [-0.15, -0.1) is 0 Å². The SMILES string of the molecule is CC(=O)CNC(=O)c1cn(C)nc1C. The number of nitrogens with zero attached hydrogens (tertiary/aromatic N) is 2. The standard InChI is InChI=1S/C9H13N3O2/c1-6(13)4-10-9(14)8-5-12(3)11-7(8)2/h5H,4H2,1-3H3,(H,10,14). The van der Waals surface area contributed by atoms with Crippen molar-refractivity contribution in [2.45, 2.75) is 13.8 Å². The van der Waals surface area contributed by atoms with Crippen LogP contribution in [0.1, 0.15) is 23.0 Å². The van der Waals surface area contributed by atoms with Gasteiger partial charge in [-0.25, -0.2) is 0 Å². The van der Waals surface area contributed by atoms with Gasteiger partial charge in [0.25, 0.3) is 5.91 Å². The number of amides is 1. The zero-order chi connectivity index (χ0) is 10.7. The van der Waals surface area contributed by atoms with E-state index in [9.17, 15) is 9.59 Å². The number of Topliss-reactive ketones (excluding diaryl/α,β-unsaturated/α-hetero) is 1. The number of carbonyl (C=O) groups excluding carboxylic acids is 2. The monoisotopic (exact) mass is 195 g/mol. The average molecular weight is 195 g/mol. The van der Waals surface area contributed by atoms with E-state index in [1.807, 2.05) is 0 Å². The highest BCUT2D eigenvalue weighted by molar-refractivity contribution is 5.97. The minimum atomic E-state index is -0.259. The first-order valence-electron chi connectivity index (χ1n) is 4.28. The van der Waals surface area contributed by atoms with E-state index in [4.69, 9.17) is 0 Å². The van der Waals surface area contributed by atoms with Gasteiger partial charge in [0.1, 0.15) is 5.78 Å². The minimum Gasteiger partial charge on any atom is -0.345 e. The largest absolute Gasteiger partial charge is 0.345 e. The van der Waals surface area contributed by atoms with Crippen molar-refractivity contribution in [2.75, 3.05) is 6.54 Å². The van der Waals surface area contributed by atoms with Crippen LogP contribution in [-0.4, -0.2) is 28.0 Å². The molecule has 76 valence electrons. The molecule has 0 atom stereocenters. The number of hydrogen-bond acceptors (Lipinski definition) is 3. The van der Waals surface area contributed by atoms with Gasteiger partial charge in [-0.2, -0.15) is 5.10 Å². The van der Waals surface area contributed by atoms with Crippen LogP contribution in [0, 0.1) is 6.92 Å². The Hall–Kier alpha value is -1.65. The molecule has 1 amide bonds. The minimum absolute atomic E-state index is 0.0627. The third-order valence-corrected chi connectivity index (χ3v) is 1.76. The first-order valence-corrected chi connectivity index (χ1v) is 4.28. The predicted molar refractivity (Wildman–Crippen MR) is 51.0 cm³/mol. The van der Waals surface area contributed by atoms with Crippen LogP contribution in [0.25, 0.3) is 0 Å². The first-order chi connectivity index (χ1) is 6.50. The first kappa shape index (κ1) is 10.4. The van der Waals surface area contributed by atoms with E-state index in [1.54, 1.807) is 24.9 Å². The number of aryl methyl sites for hydroxylation is 2. The Labute approximate surface area is 82.1 Å². The van der Waals surface area contributed by atoms with Crippen molar-refractivity contribution in [3.8, 4) is 0 Å². The van der Waals surface area contributed by atoms with Crippen molar-refractivity contribution < 1.29 is 9.59 Å².